The van der Waals surface area contributed by atoms with Crippen molar-refractivity contribution in [1.82, 2.24) is 10.2 Å². The van der Waals surface area contributed by atoms with Gasteiger partial charge in [0.1, 0.15) is 0 Å². The first kappa shape index (κ1) is 15.3. The summed E-state index contributed by atoms with van der Waals surface area (Å²) in [5.41, 5.74) is 0.354. The maximum atomic E-state index is 5.72. The van der Waals surface area contributed by atoms with Crippen LogP contribution in [0.25, 0.3) is 0 Å². The molecule has 0 aromatic heterocycles. The molecular formula is C16H32N2O. The summed E-state index contributed by atoms with van der Waals surface area (Å²) in [5, 5.41) is 3.66. The Morgan fingerprint density at radius 2 is 2.16 bits per heavy atom. The molecule has 2 rings (SSSR count). The van der Waals surface area contributed by atoms with Gasteiger partial charge in [-0.2, -0.15) is 0 Å². The van der Waals surface area contributed by atoms with E-state index in [1.807, 2.05) is 0 Å². The SMILES string of the molecule is CC(C)CNCC1(CN2CC(C)CC2C)CCOC1. The summed E-state index contributed by atoms with van der Waals surface area (Å²) in [6.45, 7) is 15.9. The molecule has 19 heavy (non-hydrogen) atoms. The second-order valence-electron chi connectivity index (χ2n) is 7.45. The van der Waals surface area contributed by atoms with Gasteiger partial charge in [0.25, 0.3) is 0 Å². The fourth-order valence-electron chi connectivity index (χ4n) is 3.63. The molecule has 2 fully saturated rings. The number of rotatable bonds is 6. The largest absolute Gasteiger partial charge is 0.381 e. The van der Waals surface area contributed by atoms with Gasteiger partial charge in [-0.3, -0.25) is 4.90 Å². The van der Waals surface area contributed by atoms with E-state index in [1.165, 1.54) is 25.9 Å². The Morgan fingerprint density at radius 1 is 1.37 bits per heavy atom. The van der Waals surface area contributed by atoms with E-state index in [-0.39, 0.29) is 0 Å². The van der Waals surface area contributed by atoms with Crippen LogP contribution in [-0.2, 0) is 4.74 Å². The lowest BCUT2D eigenvalue weighted by molar-refractivity contribution is 0.104. The van der Waals surface area contributed by atoms with Crippen molar-refractivity contribution in [3.63, 3.8) is 0 Å². The molecule has 3 nitrogen and oxygen atoms in total. The zero-order valence-corrected chi connectivity index (χ0v) is 13.2. The summed E-state index contributed by atoms with van der Waals surface area (Å²) in [6, 6.07) is 0.748. The van der Waals surface area contributed by atoms with E-state index in [0.717, 1.165) is 44.2 Å². The molecule has 0 spiro atoms. The molecule has 3 heteroatoms. The fourth-order valence-corrected chi connectivity index (χ4v) is 3.63. The second kappa shape index (κ2) is 6.55. The summed E-state index contributed by atoms with van der Waals surface area (Å²) in [4.78, 5) is 2.69. The first-order valence-corrected chi connectivity index (χ1v) is 8.03. The molecule has 2 aliphatic rings. The minimum Gasteiger partial charge on any atom is -0.381 e. The Labute approximate surface area is 119 Å². The van der Waals surface area contributed by atoms with Gasteiger partial charge in [0.05, 0.1) is 6.61 Å². The molecule has 0 aromatic carbocycles. The lowest BCUT2D eigenvalue weighted by Crippen LogP contribution is -2.46. The van der Waals surface area contributed by atoms with E-state index >= 15 is 0 Å². The van der Waals surface area contributed by atoms with Crippen molar-refractivity contribution in [2.75, 3.05) is 39.4 Å². The van der Waals surface area contributed by atoms with Crippen molar-refractivity contribution in [2.45, 2.75) is 46.6 Å². The van der Waals surface area contributed by atoms with E-state index in [1.54, 1.807) is 0 Å². The summed E-state index contributed by atoms with van der Waals surface area (Å²) >= 11 is 0. The van der Waals surface area contributed by atoms with Crippen LogP contribution in [0.15, 0.2) is 0 Å². The van der Waals surface area contributed by atoms with Crippen LogP contribution in [0.1, 0.15) is 40.5 Å². The van der Waals surface area contributed by atoms with Gasteiger partial charge in [-0.1, -0.05) is 20.8 Å². The van der Waals surface area contributed by atoms with E-state index in [0.29, 0.717) is 5.41 Å². The molecule has 0 saturated carbocycles. The maximum absolute atomic E-state index is 5.72. The Morgan fingerprint density at radius 3 is 2.68 bits per heavy atom. The highest BCUT2D eigenvalue weighted by Crippen LogP contribution is 2.33. The Bertz CT molecular complexity index is 274. The molecule has 1 N–H and O–H groups in total. The van der Waals surface area contributed by atoms with Crippen LogP contribution in [0.2, 0.25) is 0 Å². The maximum Gasteiger partial charge on any atom is 0.0547 e. The second-order valence-corrected chi connectivity index (χ2v) is 7.45. The van der Waals surface area contributed by atoms with Gasteiger partial charge in [-0.05, 0) is 38.1 Å². The van der Waals surface area contributed by atoms with Crippen molar-refractivity contribution >= 4 is 0 Å². The third kappa shape index (κ3) is 4.17. The van der Waals surface area contributed by atoms with Crippen LogP contribution in [-0.4, -0.2) is 50.3 Å². The number of ether oxygens (including phenoxy) is 1. The molecule has 0 bridgehead atoms. The third-order valence-electron chi connectivity index (χ3n) is 4.69. The van der Waals surface area contributed by atoms with Crippen molar-refractivity contribution in [3.8, 4) is 0 Å². The fraction of sp³-hybridized carbons (Fsp3) is 1.00. The van der Waals surface area contributed by atoms with Gasteiger partial charge in [-0.15, -0.1) is 0 Å². The molecule has 2 saturated heterocycles. The van der Waals surface area contributed by atoms with Gasteiger partial charge in [0.2, 0.25) is 0 Å². The molecular weight excluding hydrogens is 236 g/mol. The highest BCUT2D eigenvalue weighted by Gasteiger charge is 2.39. The molecule has 0 amide bonds. The van der Waals surface area contributed by atoms with Crippen molar-refractivity contribution in [3.05, 3.63) is 0 Å². The van der Waals surface area contributed by atoms with Crippen LogP contribution in [0.5, 0.6) is 0 Å². The molecule has 3 unspecified atom stereocenters. The number of likely N-dealkylation sites (tertiary alicyclic amines) is 1. The van der Waals surface area contributed by atoms with Gasteiger partial charge in [0.15, 0.2) is 0 Å². The summed E-state index contributed by atoms with van der Waals surface area (Å²) in [7, 11) is 0. The number of nitrogens with zero attached hydrogens (tertiary/aromatic N) is 1. The minimum absolute atomic E-state index is 0.354. The molecule has 0 aromatic rings. The normalized spacial score (nSPS) is 36.5. The van der Waals surface area contributed by atoms with E-state index in [9.17, 15) is 0 Å². The predicted molar refractivity (Wildman–Crippen MR) is 80.4 cm³/mol. The van der Waals surface area contributed by atoms with Crippen molar-refractivity contribution in [2.24, 2.45) is 17.3 Å². The first-order valence-electron chi connectivity index (χ1n) is 8.03. The average Bonchev–Trinajstić information content (AvgIpc) is 2.87. The zero-order valence-electron chi connectivity index (χ0n) is 13.2. The van der Waals surface area contributed by atoms with E-state index in [4.69, 9.17) is 4.74 Å². The van der Waals surface area contributed by atoms with Gasteiger partial charge in [0, 0.05) is 37.7 Å². The average molecular weight is 268 g/mol. The van der Waals surface area contributed by atoms with Crippen LogP contribution in [0, 0.1) is 17.3 Å². The van der Waals surface area contributed by atoms with E-state index in [2.05, 4.69) is 37.9 Å². The van der Waals surface area contributed by atoms with Crippen LogP contribution >= 0.6 is 0 Å². The summed E-state index contributed by atoms with van der Waals surface area (Å²) in [5.74, 6) is 1.59. The van der Waals surface area contributed by atoms with Crippen LogP contribution in [0.4, 0.5) is 0 Å². The summed E-state index contributed by atoms with van der Waals surface area (Å²) in [6.07, 6.45) is 2.58. The van der Waals surface area contributed by atoms with Gasteiger partial charge >= 0.3 is 0 Å². The molecule has 0 radical (unpaired) electrons. The standard InChI is InChI=1S/C16H32N2O/c1-13(2)8-17-10-16(5-6-19-12-16)11-18-9-14(3)7-15(18)4/h13-15,17H,5-12H2,1-4H3. The highest BCUT2D eigenvalue weighted by atomic mass is 16.5. The molecule has 3 atom stereocenters. The first-order chi connectivity index (χ1) is 9.01. The summed E-state index contributed by atoms with van der Waals surface area (Å²) < 4.78 is 5.72. The van der Waals surface area contributed by atoms with Crippen LogP contribution in [0.3, 0.4) is 0 Å². The van der Waals surface area contributed by atoms with Gasteiger partial charge < -0.3 is 10.1 Å². The molecule has 2 aliphatic heterocycles. The minimum atomic E-state index is 0.354. The van der Waals surface area contributed by atoms with Gasteiger partial charge in [-0.25, -0.2) is 0 Å². The predicted octanol–water partition coefficient (Wildman–Crippen LogP) is 2.37. The Hall–Kier alpha value is -0.120. The third-order valence-corrected chi connectivity index (χ3v) is 4.69. The van der Waals surface area contributed by atoms with Crippen molar-refractivity contribution < 1.29 is 4.74 Å². The number of hydrogen-bond acceptors (Lipinski definition) is 3. The number of nitrogens with one attached hydrogen (secondary N) is 1. The zero-order chi connectivity index (χ0) is 13.9. The Kier molecular flexibility index (Phi) is 5.27. The number of hydrogen-bond donors (Lipinski definition) is 1. The molecule has 112 valence electrons. The Balaban J connectivity index is 1.88. The monoisotopic (exact) mass is 268 g/mol. The lowest BCUT2D eigenvalue weighted by atomic mass is 9.86. The van der Waals surface area contributed by atoms with E-state index < -0.39 is 0 Å². The van der Waals surface area contributed by atoms with Crippen molar-refractivity contribution in [1.29, 1.82) is 0 Å². The molecule has 0 aliphatic carbocycles. The van der Waals surface area contributed by atoms with Crippen LogP contribution < -0.4 is 5.32 Å². The highest BCUT2D eigenvalue weighted by molar-refractivity contribution is 4.92. The topological polar surface area (TPSA) is 24.5 Å². The quantitative estimate of drug-likeness (QED) is 0.800. The lowest BCUT2D eigenvalue weighted by Gasteiger charge is -2.35. The molecule has 2 heterocycles. The smallest absolute Gasteiger partial charge is 0.0547 e.